The second kappa shape index (κ2) is 6.94. The van der Waals surface area contributed by atoms with E-state index in [1.165, 1.54) is 15.6 Å². The van der Waals surface area contributed by atoms with Crippen LogP contribution in [0.25, 0.3) is 0 Å². The summed E-state index contributed by atoms with van der Waals surface area (Å²) in [5.41, 5.74) is 0. The molecule has 0 saturated carbocycles. The van der Waals surface area contributed by atoms with Gasteiger partial charge in [-0.2, -0.15) is 9.40 Å². The maximum absolute atomic E-state index is 12.8. The molecule has 0 radical (unpaired) electrons. The zero-order chi connectivity index (χ0) is 16.3. The zero-order valence-electron chi connectivity index (χ0n) is 12.9. The number of aromatic nitrogens is 2. The number of thiophene rings is 1. The van der Waals surface area contributed by atoms with Gasteiger partial charge in [0.2, 0.25) is 5.88 Å². The molecule has 8 heteroatoms. The average molecular weight is 353 g/mol. The van der Waals surface area contributed by atoms with Crippen LogP contribution < -0.4 is 4.74 Å². The minimum Gasteiger partial charge on any atom is -0.472 e. The van der Waals surface area contributed by atoms with Crippen LogP contribution in [0.3, 0.4) is 0 Å². The molecular weight excluding hydrogens is 334 g/mol. The first kappa shape index (κ1) is 16.4. The summed E-state index contributed by atoms with van der Waals surface area (Å²) in [5.74, 6) is 0.432. The molecule has 0 spiro atoms. The highest BCUT2D eigenvalue weighted by Crippen LogP contribution is 2.28. The molecule has 0 amide bonds. The third kappa shape index (κ3) is 3.70. The van der Waals surface area contributed by atoms with E-state index in [9.17, 15) is 8.42 Å². The van der Waals surface area contributed by atoms with Gasteiger partial charge in [-0.1, -0.05) is 6.92 Å². The average Bonchev–Trinajstić information content (AvgIpc) is 3.06. The molecule has 1 aliphatic heterocycles. The van der Waals surface area contributed by atoms with Crippen LogP contribution >= 0.6 is 11.3 Å². The molecular formula is C15H19N3O3S2. The van der Waals surface area contributed by atoms with Crippen molar-refractivity contribution in [2.75, 3.05) is 13.1 Å². The van der Waals surface area contributed by atoms with Gasteiger partial charge >= 0.3 is 0 Å². The van der Waals surface area contributed by atoms with Gasteiger partial charge in [-0.15, -0.1) is 16.4 Å². The van der Waals surface area contributed by atoms with E-state index in [4.69, 9.17) is 4.74 Å². The maximum atomic E-state index is 12.8. The molecule has 2 aromatic rings. The molecule has 0 N–H and O–H groups in total. The van der Waals surface area contributed by atoms with Crippen LogP contribution in [0, 0.1) is 0 Å². The van der Waals surface area contributed by atoms with Crippen molar-refractivity contribution >= 4 is 21.4 Å². The topological polar surface area (TPSA) is 72.4 Å². The minimum atomic E-state index is -3.44. The van der Waals surface area contributed by atoms with Crippen molar-refractivity contribution in [2.45, 2.75) is 36.5 Å². The van der Waals surface area contributed by atoms with E-state index in [2.05, 4.69) is 10.2 Å². The number of nitrogens with zero attached hydrogens (tertiary/aromatic N) is 3. The summed E-state index contributed by atoms with van der Waals surface area (Å²) in [4.78, 5) is 1.08. The lowest BCUT2D eigenvalue weighted by molar-refractivity contribution is 0.123. The highest BCUT2D eigenvalue weighted by molar-refractivity contribution is 7.91. The number of ether oxygens (including phenoxy) is 1. The molecule has 124 valence electrons. The number of aryl methyl sites for hydroxylation is 1. The highest BCUT2D eigenvalue weighted by Gasteiger charge is 2.32. The first-order valence-electron chi connectivity index (χ1n) is 7.63. The second-order valence-corrected chi connectivity index (χ2v) is 8.71. The van der Waals surface area contributed by atoms with Crippen LogP contribution in [-0.2, 0) is 16.4 Å². The molecule has 23 heavy (non-hydrogen) atoms. The second-order valence-electron chi connectivity index (χ2n) is 5.38. The molecule has 1 fully saturated rings. The van der Waals surface area contributed by atoms with Crippen molar-refractivity contribution in [1.82, 2.24) is 14.5 Å². The van der Waals surface area contributed by atoms with Crippen molar-refractivity contribution < 1.29 is 13.2 Å². The normalized spacial score (nSPS) is 19.6. The van der Waals surface area contributed by atoms with Crippen molar-refractivity contribution in [3.8, 4) is 5.88 Å². The van der Waals surface area contributed by atoms with E-state index >= 15 is 0 Å². The van der Waals surface area contributed by atoms with Crippen LogP contribution in [0.4, 0.5) is 0 Å². The summed E-state index contributed by atoms with van der Waals surface area (Å²) < 4.78 is 33.2. The van der Waals surface area contributed by atoms with Crippen LogP contribution in [0.5, 0.6) is 5.88 Å². The number of sulfonamides is 1. The Hall–Kier alpha value is -1.51. The lowest BCUT2D eigenvalue weighted by Gasteiger charge is -2.31. The molecule has 0 bridgehead atoms. The molecule has 0 aromatic carbocycles. The summed E-state index contributed by atoms with van der Waals surface area (Å²) in [6.45, 7) is 2.90. The largest absolute Gasteiger partial charge is 0.472 e. The van der Waals surface area contributed by atoms with Crippen LogP contribution in [0.15, 0.2) is 34.7 Å². The molecule has 6 nitrogen and oxygen atoms in total. The molecule has 1 aliphatic rings. The van der Waals surface area contributed by atoms with Gasteiger partial charge in [0.15, 0.2) is 0 Å². The van der Waals surface area contributed by atoms with Crippen molar-refractivity contribution in [3.63, 3.8) is 0 Å². The van der Waals surface area contributed by atoms with Crippen molar-refractivity contribution in [3.05, 3.63) is 35.3 Å². The van der Waals surface area contributed by atoms with Gasteiger partial charge in [0, 0.05) is 23.7 Å². The molecule has 3 heterocycles. The summed E-state index contributed by atoms with van der Waals surface area (Å²) >= 11 is 1.35. The Labute approximate surface area is 140 Å². The monoisotopic (exact) mass is 353 g/mol. The summed E-state index contributed by atoms with van der Waals surface area (Å²) in [5, 5.41) is 7.67. The number of piperidine rings is 1. The number of rotatable bonds is 5. The van der Waals surface area contributed by atoms with Gasteiger partial charge in [-0.25, -0.2) is 8.42 Å². The standard InChI is InChI=1S/C15H19N3O3S2/c1-2-13-7-8-15(22-13)23(19,20)18-10-4-5-12(11-18)21-14-6-3-9-16-17-14/h3,6-9,12H,2,4-5,10-11H2,1H3. The number of hydrogen-bond donors (Lipinski definition) is 0. The fraction of sp³-hybridized carbons (Fsp3) is 0.467. The van der Waals surface area contributed by atoms with Gasteiger partial charge in [0.1, 0.15) is 10.3 Å². The van der Waals surface area contributed by atoms with E-state index in [-0.39, 0.29) is 6.10 Å². The van der Waals surface area contributed by atoms with Crippen LogP contribution in [0.2, 0.25) is 0 Å². The fourth-order valence-electron chi connectivity index (χ4n) is 2.55. The third-order valence-corrected chi connectivity index (χ3v) is 7.32. The fourth-order valence-corrected chi connectivity index (χ4v) is 5.51. The van der Waals surface area contributed by atoms with Crippen LogP contribution in [0.1, 0.15) is 24.6 Å². The Kier molecular flexibility index (Phi) is 4.93. The maximum Gasteiger partial charge on any atom is 0.252 e. The minimum absolute atomic E-state index is 0.194. The third-order valence-electron chi connectivity index (χ3n) is 3.76. The molecule has 3 rings (SSSR count). The summed E-state index contributed by atoms with van der Waals surface area (Å²) in [6, 6.07) is 7.06. The molecule has 2 aromatic heterocycles. The lowest BCUT2D eigenvalue weighted by atomic mass is 10.1. The Balaban J connectivity index is 1.72. The Morgan fingerprint density at radius 2 is 2.26 bits per heavy atom. The van der Waals surface area contributed by atoms with Crippen LogP contribution in [-0.4, -0.2) is 42.1 Å². The number of hydrogen-bond acceptors (Lipinski definition) is 6. The quantitative estimate of drug-likeness (QED) is 0.825. The van der Waals surface area contributed by atoms with E-state index in [0.717, 1.165) is 24.1 Å². The summed E-state index contributed by atoms with van der Waals surface area (Å²) in [7, 11) is -3.44. The van der Waals surface area contributed by atoms with Gasteiger partial charge < -0.3 is 4.74 Å². The van der Waals surface area contributed by atoms with E-state index in [1.807, 2.05) is 13.0 Å². The molecule has 1 atom stereocenters. The van der Waals surface area contributed by atoms with E-state index in [1.54, 1.807) is 24.4 Å². The Morgan fingerprint density at radius 3 is 2.96 bits per heavy atom. The first-order chi connectivity index (χ1) is 11.1. The highest BCUT2D eigenvalue weighted by atomic mass is 32.2. The van der Waals surface area contributed by atoms with Gasteiger partial charge in [0.05, 0.1) is 6.54 Å². The first-order valence-corrected chi connectivity index (χ1v) is 9.88. The van der Waals surface area contributed by atoms with Gasteiger partial charge in [-0.3, -0.25) is 0 Å². The molecule has 1 saturated heterocycles. The molecule has 1 unspecified atom stereocenters. The van der Waals surface area contributed by atoms with Crippen molar-refractivity contribution in [2.24, 2.45) is 0 Å². The van der Waals surface area contributed by atoms with Crippen molar-refractivity contribution in [1.29, 1.82) is 0 Å². The Bertz CT molecular complexity index is 746. The van der Waals surface area contributed by atoms with E-state index < -0.39 is 10.0 Å². The smallest absolute Gasteiger partial charge is 0.252 e. The molecule has 0 aliphatic carbocycles. The van der Waals surface area contributed by atoms with Gasteiger partial charge in [-0.05, 0) is 37.5 Å². The zero-order valence-corrected chi connectivity index (χ0v) is 14.5. The lowest BCUT2D eigenvalue weighted by Crippen LogP contribution is -2.44. The van der Waals surface area contributed by atoms with Gasteiger partial charge in [0.25, 0.3) is 10.0 Å². The SMILES string of the molecule is CCc1ccc(S(=O)(=O)N2CCCC(Oc3cccnn3)C2)s1. The predicted octanol–water partition coefficient (Wildman–Crippen LogP) is 2.33. The summed E-state index contributed by atoms with van der Waals surface area (Å²) in [6.07, 6.45) is 3.81. The Morgan fingerprint density at radius 1 is 1.39 bits per heavy atom. The predicted molar refractivity (Wildman–Crippen MR) is 88.1 cm³/mol. The van der Waals surface area contributed by atoms with E-state index in [0.29, 0.717) is 23.2 Å².